The van der Waals surface area contributed by atoms with Crippen LogP contribution in [0.1, 0.15) is 46.1 Å². The number of H-pyrrole nitrogens is 1. The Morgan fingerprint density at radius 2 is 1.79 bits per heavy atom. The number of benzene rings is 1. The highest BCUT2D eigenvalue weighted by Gasteiger charge is 2.26. The van der Waals surface area contributed by atoms with Crippen molar-refractivity contribution in [3.8, 4) is 11.1 Å². The van der Waals surface area contributed by atoms with E-state index in [2.05, 4.69) is 19.9 Å². The van der Waals surface area contributed by atoms with Crippen LogP contribution >= 0.6 is 11.6 Å². The second-order valence-electron chi connectivity index (χ2n) is 7.34. The summed E-state index contributed by atoms with van der Waals surface area (Å²) in [5, 5.41) is 0.926. The van der Waals surface area contributed by atoms with Gasteiger partial charge in [-0.25, -0.2) is 19.3 Å². The Labute approximate surface area is 171 Å². The summed E-state index contributed by atoms with van der Waals surface area (Å²) in [6.45, 7) is 1.58. The fourth-order valence-corrected chi connectivity index (χ4v) is 3.70. The maximum Gasteiger partial charge on any atom is 0.198 e. The van der Waals surface area contributed by atoms with Crippen LogP contribution in [0.25, 0.3) is 22.2 Å². The lowest BCUT2D eigenvalue weighted by Gasteiger charge is -2.06. The van der Waals surface area contributed by atoms with Crippen LogP contribution in [0.5, 0.6) is 0 Å². The predicted octanol–water partition coefficient (Wildman–Crippen LogP) is 5.23. The molecule has 1 fully saturated rings. The standard InChI is InChI=1S/C22H16ClFN4O/c1-11-4-15(23)6-17(19(11)24)20(29)18-10-28-22-16(18)5-13(7-27-22)14-8-25-21(26-9-14)12-2-3-12/h4-10,12H,2-3H2,1H3,(H,27,28). The van der Waals surface area contributed by atoms with Crippen LogP contribution in [0.3, 0.4) is 0 Å². The lowest BCUT2D eigenvalue weighted by atomic mass is 10.00. The van der Waals surface area contributed by atoms with Gasteiger partial charge in [-0.2, -0.15) is 0 Å². The molecule has 144 valence electrons. The second-order valence-corrected chi connectivity index (χ2v) is 7.78. The zero-order valence-corrected chi connectivity index (χ0v) is 16.3. The number of fused-ring (bicyclic) bond motifs is 1. The third kappa shape index (κ3) is 3.19. The number of ketones is 1. The second kappa shape index (κ2) is 6.74. The number of aromatic amines is 1. The first-order chi connectivity index (χ1) is 14.0. The third-order valence-corrected chi connectivity index (χ3v) is 5.41. The van der Waals surface area contributed by atoms with Crippen molar-refractivity contribution in [1.82, 2.24) is 19.9 Å². The van der Waals surface area contributed by atoms with Crippen LogP contribution in [0.2, 0.25) is 5.02 Å². The predicted molar refractivity (Wildman–Crippen MR) is 109 cm³/mol. The summed E-state index contributed by atoms with van der Waals surface area (Å²) in [7, 11) is 0. The molecule has 3 aromatic heterocycles. The lowest BCUT2D eigenvalue weighted by molar-refractivity contribution is 0.103. The van der Waals surface area contributed by atoms with Gasteiger partial charge in [0.05, 0.1) is 5.56 Å². The Bertz CT molecular complexity index is 1260. The average Bonchev–Trinajstić information content (AvgIpc) is 3.49. The Balaban J connectivity index is 1.57. The summed E-state index contributed by atoms with van der Waals surface area (Å²) in [5.74, 6) is 0.335. The molecule has 1 aliphatic carbocycles. The molecule has 1 aliphatic rings. The van der Waals surface area contributed by atoms with Gasteiger partial charge in [-0.3, -0.25) is 4.79 Å². The number of aryl methyl sites for hydroxylation is 1. The van der Waals surface area contributed by atoms with Gasteiger partial charge in [0.25, 0.3) is 0 Å². The zero-order valence-electron chi connectivity index (χ0n) is 15.5. The van der Waals surface area contributed by atoms with Crippen molar-refractivity contribution in [2.24, 2.45) is 0 Å². The van der Waals surface area contributed by atoms with E-state index < -0.39 is 11.6 Å². The molecule has 5 rings (SSSR count). The smallest absolute Gasteiger partial charge is 0.198 e. The molecule has 0 atom stereocenters. The summed E-state index contributed by atoms with van der Waals surface area (Å²) < 4.78 is 14.6. The number of hydrogen-bond donors (Lipinski definition) is 1. The molecular weight excluding hydrogens is 391 g/mol. The maximum absolute atomic E-state index is 14.6. The molecule has 0 saturated heterocycles. The van der Waals surface area contributed by atoms with E-state index in [1.165, 1.54) is 12.1 Å². The van der Waals surface area contributed by atoms with Crippen molar-refractivity contribution >= 4 is 28.4 Å². The number of nitrogens with one attached hydrogen (secondary N) is 1. The highest BCUT2D eigenvalue weighted by Crippen LogP contribution is 2.38. The van der Waals surface area contributed by atoms with Crippen LogP contribution in [0, 0.1) is 12.7 Å². The van der Waals surface area contributed by atoms with E-state index in [4.69, 9.17) is 11.6 Å². The van der Waals surface area contributed by atoms with Crippen molar-refractivity contribution in [3.05, 3.63) is 76.3 Å². The first-order valence-electron chi connectivity index (χ1n) is 9.31. The van der Waals surface area contributed by atoms with Gasteiger partial charge in [-0.05, 0) is 43.5 Å². The Morgan fingerprint density at radius 1 is 1.07 bits per heavy atom. The molecule has 0 amide bonds. The van der Waals surface area contributed by atoms with Crippen LogP contribution in [0.4, 0.5) is 4.39 Å². The molecule has 0 spiro atoms. The molecule has 0 radical (unpaired) electrons. The van der Waals surface area contributed by atoms with E-state index in [1.54, 1.807) is 31.7 Å². The lowest BCUT2D eigenvalue weighted by Crippen LogP contribution is -2.05. The largest absolute Gasteiger partial charge is 0.345 e. The van der Waals surface area contributed by atoms with Crippen LogP contribution in [-0.4, -0.2) is 25.7 Å². The summed E-state index contributed by atoms with van der Waals surface area (Å²) in [4.78, 5) is 29.3. The van der Waals surface area contributed by atoms with Gasteiger partial charge in [0.1, 0.15) is 17.3 Å². The van der Waals surface area contributed by atoms with E-state index in [0.717, 1.165) is 29.8 Å². The molecule has 4 aromatic rings. The van der Waals surface area contributed by atoms with Crippen molar-refractivity contribution in [2.75, 3.05) is 0 Å². The van der Waals surface area contributed by atoms with Gasteiger partial charge in [-0.15, -0.1) is 0 Å². The van der Waals surface area contributed by atoms with Crippen LogP contribution in [-0.2, 0) is 0 Å². The Kier molecular flexibility index (Phi) is 4.17. The number of hydrogen-bond acceptors (Lipinski definition) is 4. The first-order valence-corrected chi connectivity index (χ1v) is 9.69. The molecule has 1 aromatic carbocycles. The molecule has 29 heavy (non-hydrogen) atoms. The summed E-state index contributed by atoms with van der Waals surface area (Å²) >= 11 is 6.04. The molecule has 5 nitrogen and oxygen atoms in total. The summed E-state index contributed by atoms with van der Waals surface area (Å²) in [6.07, 6.45) is 9.08. The third-order valence-electron chi connectivity index (χ3n) is 5.19. The van der Waals surface area contributed by atoms with E-state index >= 15 is 0 Å². The van der Waals surface area contributed by atoms with Gasteiger partial charge in [0.15, 0.2) is 5.78 Å². The van der Waals surface area contributed by atoms with Gasteiger partial charge in [-0.1, -0.05) is 11.6 Å². The number of rotatable bonds is 4. The van der Waals surface area contributed by atoms with Crippen molar-refractivity contribution in [1.29, 1.82) is 0 Å². The maximum atomic E-state index is 14.6. The van der Waals surface area contributed by atoms with Crippen LogP contribution in [0.15, 0.2) is 43.0 Å². The van der Waals surface area contributed by atoms with Crippen molar-refractivity contribution in [3.63, 3.8) is 0 Å². The Morgan fingerprint density at radius 3 is 2.52 bits per heavy atom. The van der Waals surface area contributed by atoms with Crippen LogP contribution < -0.4 is 0 Å². The van der Waals surface area contributed by atoms with Gasteiger partial charge in [0, 0.05) is 57.8 Å². The van der Waals surface area contributed by atoms with E-state index in [1.807, 2.05) is 6.07 Å². The molecule has 3 heterocycles. The average molecular weight is 407 g/mol. The van der Waals surface area contributed by atoms with E-state index in [0.29, 0.717) is 33.1 Å². The summed E-state index contributed by atoms with van der Waals surface area (Å²) in [6, 6.07) is 4.69. The number of carbonyl (C=O) groups excluding carboxylic acids is 1. The molecule has 1 saturated carbocycles. The molecule has 0 unspecified atom stereocenters. The minimum atomic E-state index is -0.568. The summed E-state index contributed by atoms with van der Waals surface area (Å²) in [5.41, 5.74) is 2.76. The number of halogens is 2. The molecular formula is C22H16ClFN4O. The minimum absolute atomic E-state index is 0.0570. The zero-order chi connectivity index (χ0) is 20.1. The molecule has 1 N–H and O–H groups in total. The monoisotopic (exact) mass is 406 g/mol. The minimum Gasteiger partial charge on any atom is -0.345 e. The number of carbonyl (C=O) groups is 1. The van der Waals surface area contributed by atoms with Gasteiger partial charge in [0.2, 0.25) is 0 Å². The molecule has 7 heteroatoms. The number of pyridine rings is 1. The van der Waals surface area contributed by atoms with E-state index in [9.17, 15) is 9.18 Å². The van der Waals surface area contributed by atoms with E-state index in [-0.39, 0.29) is 5.56 Å². The highest BCUT2D eigenvalue weighted by molar-refractivity contribution is 6.31. The molecule has 0 bridgehead atoms. The fourth-order valence-electron chi connectivity index (χ4n) is 3.42. The highest BCUT2D eigenvalue weighted by atomic mass is 35.5. The number of aromatic nitrogens is 4. The van der Waals surface area contributed by atoms with Gasteiger partial charge < -0.3 is 4.98 Å². The normalized spacial score (nSPS) is 13.8. The molecule has 0 aliphatic heterocycles. The first kappa shape index (κ1) is 17.9. The van der Waals surface area contributed by atoms with Crippen molar-refractivity contribution in [2.45, 2.75) is 25.7 Å². The van der Waals surface area contributed by atoms with Gasteiger partial charge >= 0.3 is 0 Å². The Hall–Kier alpha value is -3.12. The quantitative estimate of drug-likeness (QED) is 0.471. The SMILES string of the molecule is Cc1cc(Cl)cc(C(=O)c2c[nH]c3ncc(-c4cnc(C5CC5)nc4)cc23)c1F. The van der Waals surface area contributed by atoms with Crippen molar-refractivity contribution < 1.29 is 9.18 Å². The number of nitrogens with zero attached hydrogens (tertiary/aromatic N) is 3. The topological polar surface area (TPSA) is 71.5 Å². The fraction of sp³-hybridized carbons (Fsp3) is 0.182.